The molecule has 0 amide bonds. The van der Waals surface area contributed by atoms with Crippen molar-refractivity contribution in [3.63, 3.8) is 0 Å². The van der Waals surface area contributed by atoms with Gasteiger partial charge in [-0.2, -0.15) is 27.0 Å². The van der Waals surface area contributed by atoms with Crippen LogP contribution in [0.25, 0.3) is 5.57 Å². The zero-order valence-corrected chi connectivity index (χ0v) is 23.6. The van der Waals surface area contributed by atoms with Crippen LogP contribution in [0.3, 0.4) is 0 Å². The third kappa shape index (κ3) is 7.42. The lowest BCUT2D eigenvalue weighted by molar-refractivity contribution is 0.583. The molecule has 0 atom stereocenters. The molecule has 3 aromatic rings. The summed E-state index contributed by atoms with van der Waals surface area (Å²) in [6.07, 6.45) is 7.59. The van der Waals surface area contributed by atoms with Gasteiger partial charge in [0.15, 0.2) is 0 Å². The third-order valence-corrected chi connectivity index (χ3v) is 8.96. The van der Waals surface area contributed by atoms with Crippen molar-refractivity contribution in [3.05, 3.63) is 101 Å². The molecule has 8 nitrogen and oxygen atoms in total. The Kier molecular flexibility index (Phi) is 8.98. The molecule has 4 rings (SSSR count). The van der Waals surface area contributed by atoms with Gasteiger partial charge in [0.05, 0.1) is 22.2 Å². The lowest BCUT2D eigenvalue weighted by Crippen LogP contribution is -2.18. The number of aryl methyl sites for hydroxylation is 2. The van der Waals surface area contributed by atoms with Gasteiger partial charge in [0, 0.05) is 5.56 Å². The molecule has 0 unspecified atom stereocenters. The van der Waals surface area contributed by atoms with E-state index in [1.54, 1.807) is 42.6 Å². The molecular weight excluding hydrogens is 532 g/mol. The number of benzene rings is 3. The molecule has 0 saturated heterocycles. The van der Waals surface area contributed by atoms with Crippen molar-refractivity contribution in [2.75, 3.05) is 0 Å². The molecule has 0 fully saturated rings. The summed E-state index contributed by atoms with van der Waals surface area (Å²) in [5.41, 5.74) is 5.54. The molecule has 1 aliphatic carbocycles. The van der Waals surface area contributed by atoms with Crippen LogP contribution < -0.4 is 9.66 Å². The molecule has 0 bridgehead atoms. The second kappa shape index (κ2) is 12.4. The van der Waals surface area contributed by atoms with Crippen LogP contribution in [-0.2, 0) is 20.0 Å². The van der Waals surface area contributed by atoms with E-state index in [0.29, 0.717) is 0 Å². The first-order valence-corrected chi connectivity index (χ1v) is 15.7. The number of rotatable bonds is 9. The Bertz CT molecular complexity index is 1610. The average Bonchev–Trinajstić information content (AvgIpc) is 3.15. The highest BCUT2D eigenvalue weighted by Crippen LogP contribution is 2.32. The molecule has 1 aliphatic rings. The van der Waals surface area contributed by atoms with Crippen molar-refractivity contribution in [2.45, 2.75) is 55.7 Å². The molecule has 0 aromatic heterocycles. The summed E-state index contributed by atoms with van der Waals surface area (Å²) in [5.74, 6) is 0. The fourth-order valence-corrected chi connectivity index (χ4v) is 5.90. The molecule has 0 heterocycles. The summed E-state index contributed by atoms with van der Waals surface area (Å²) in [6.45, 7) is 3.78. The Balaban J connectivity index is 1.58. The van der Waals surface area contributed by atoms with Crippen LogP contribution in [0.2, 0.25) is 0 Å². The predicted octanol–water partition coefficient (Wildman–Crippen LogP) is 5.30. The molecule has 0 aliphatic heterocycles. The van der Waals surface area contributed by atoms with E-state index in [-0.39, 0.29) is 9.79 Å². The van der Waals surface area contributed by atoms with Crippen LogP contribution in [0.5, 0.6) is 0 Å². The second-order valence-electron chi connectivity index (χ2n) is 9.48. The number of hydrogen-bond donors (Lipinski definition) is 2. The van der Waals surface area contributed by atoms with E-state index in [4.69, 9.17) is 0 Å². The first-order chi connectivity index (χ1) is 18.7. The lowest BCUT2D eigenvalue weighted by atomic mass is 9.93. The highest BCUT2D eigenvalue weighted by molar-refractivity contribution is 7.89. The van der Waals surface area contributed by atoms with Crippen LogP contribution >= 0.6 is 0 Å². The topological polar surface area (TPSA) is 117 Å². The molecule has 2 N–H and O–H groups in total. The molecule has 0 spiro atoms. The van der Waals surface area contributed by atoms with Gasteiger partial charge in [-0.15, -0.1) is 0 Å². The maximum absolute atomic E-state index is 12.7. The van der Waals surface area contributed by atoms with Gasteiger partial charge in [-0.3, -0.25) is 0 Å². The van der Waals surface area contributed by atoms with Gasteiger partial charge >= 0.3 is 0 Å². The molecular formula is C29H32N4O4S2. The highest BCUT2D eigenvalue weighted by Gasteiger charge is 2.17. The van der Waals surface area contributed by atoms with Crippen LogP contribution in [0.15, 0.2) is 98.4 Å². The van der Waals surface area contributed by atoms with Crippen LogP contribution in [0, 0.1) is 13.8 Å². The van der Waals surface area contributed by atoms with E-state index >= 15 is 0 Å². The van der Waals surface area contributed by atoms with Gasteiger partial charge in [-0.25, -0.2) is 9.66 Å². The Morgan fingerprint density at radius 1 is 0.641 bits per heavy atom. The third-order valence-electron chi connectivity index (χ3n) is 6.48. The summed E-state index contributed by atoms with van der Waals surface area (Å²) >= 11 is 0. The molecule has 0 saturated carbocycles. The minimum absolute atomic E-state index is 0.136. The fraction of sp³-hybridized carbons (Fsp3) is 0.241. The van der Waals surface area contributed by atoms with Gasteiger partial charge in [-0.05, 0) is 80.5 Å². The minimum Gasteiger partial charge on any atom is -0.200 e. The lowest BCUT2D eigenvalue weighted by Gasteiger charge is -2.13. The number of nitrogens with one attached hydrogen (secondary N) is 2. The Morgan fingerprint density at radius 3 is 1.74 bits per heavy atom. The largest absolute Gasteiger partial charge is 0.276 e. The number of hydrogen-bond acceptors (Lipinski definition) is 6. The van der Waals surface area contributed by atoms with Gasteiger partial charge in [0.2, 0.25) is 0 Å². The van der Waals surface area contributed by atoms with Crippen molar-refractivity contribution >= 4 is 38.0 Å². The van der Waals surface area contributed by atoms with Crippen LogP contribution in [-0.4, -0.2) is 29.3 Å². The molecule has 0 radical (unpaired) electrons. The summed E-state index contributed by atoms with van der Waals surface area (Å²) in [5, 5.41) is 8.14. The number of allylic oxidation sites excluding steroid dienone is 2. The number of nitrogens with zero attached hydrogens (tertiary/aromatic N) is 2. The Morgan fingerprint density at radius 2 is 1.15 bits per heavy atom. The molecule has 39 heavy (non-hydrogen) atoms. The van der Waals surface area contributed by atoms with Gasteiger partial charge in [-0.1, -0.05) is 66.1 Å². The fourth-order valence-electron chi connectivity index (χ4n) is 4.32. The zero-order valence-electron chi connectivity index (χ0n) is 22.0. The maximum atomic E-state index is 12.7. The minimum atomic E-state index is -3.80. The average molecular weight is 565 g/mol. The predicted molar refractivity (Wildman–Crippen MR) is 156 cm³/mol. The van der Waals surface area contributed by atoms with Crippen molar-refractivity contribution in [2.24, 2.45) is 10.2 Å². The van der Waals surface area contributed by atoms with Gasteiger partial charge < -0.3 is 0 Å². The van der Waals surface area contributed by atoms with Crippen LogP contribution in [0.1, 0.15) is 54.4 Å². The SMILES string of the molecule is Cc1ccc(S(=O)(=O)N/N=C/C2=C(c3ccccc3/C=N/NS(=O)(=O)c3ccc(C)cc3)CCCCC2)cc1. The van der Waals surface area contributed by atoms with Crippen LogP contribution in [0.4, 0.5) is 0 Å². The Labute approximate surface area is 230 Å². The van der Waals surface area contributed by atoms with E-state index in [9.17, 15) is 16.8 Å². The van der Waals surface area contributed by atoms with E-state index < -0.39 is 20.0 Å². The summed E-state index contributed by atoms with van der Waals surface area (Å²) in [4.78, 5) is 4.90. The number of sulfonamides is 2. The monoisotopic (exact) mass is 564 g/mol. The van der Waals surface area contributed by atoms with E-state index in [1.165, 1.54) is 18.3 Å². The standard InChI is InChI=1S/C29H32N4O4S2/c1-22-12-16-26(17-13-22)38(34,35)32-30-20-24-8-4-3-5-10-28(24)29-11-7-6-9-25(29)21-31-33-39(36,37)27-18-14-23(2)15-19-27/h6-7,9,11-21,32-33H,3-5,8,10H2,1-2H3/b30-20+,31-21+. The second-order valence-corrected chi connectivity index (χ2v) is 12.8. The smallest absolute Gasteiger partial charge is 0.200 e. The zero-order chi connectivity index (χ0) is 27.9. The molecule has 3 aromatic carbocycles. The van der Waals surface area contributed by atoms with Crippen molar-refractivity contribution < 1.29 is 16.8 Å². The maximum Gasteiger partial charge on any atom is 0.276 e. The molecule has 204 valence electrons. The normalized spacial score (nSPS) is 15.0. The summed E-state index contributed by atoms with van der Waals surface area (Å²) in [7, 11) is -7.58. The first-order valence-electron chi connectivity index (χ1n) is 12.7. The summed E-state index contributed by atoms with van der Waals surface area (Å²) in [6, 6.07) is 20.7. The molecule has 10 heteroatoms. The Hall–Kier alpha value is -3.76. The van der Waals surface area contributed by atoms with Crippen molar-refractivity contribution in [1.29, 1.82) is 0 Å². The first kappa shape index (κ1) is 28.3. The van der Waals surface area contributed by atoms with E-state index in [1.807, 2.05) is 38.1 Å². The summed E-state index contributed by atoms with van der Waals surface area (Å²) < 4.78 is 50.6. The van der Waals surface area contributed by atoms with Crippen molar-refractivity contribution in [3.8, 4) is 0 Å². The van der Waals surface area contributed by atoms with E-state index in [0.717, 1.165) is 65.5 Å². The number of hydrazone groups is 2. The van der Waals surface area contributed by atoms with Gasteiger partial charge in [0.25, 0.3) is 20.0 Å². The quantitative estimate of drug-likeness (QED) is 0.271. The van der Waals surface area contributed by atoms with E-state index in [2.05, 4.69) is 19.9 Å². The van der Waals surface area contributed by atoms with Gasteiger partial charge in [0.1, 0.15) is 0 Å². The highest BCUT2D eigenvalue weighted by atomic mass is 32.2. The van der Waals surface area contributed by atoms with Crippen molar-refractivity contribution in [1.82, 2.24) is 9.66 Å².